The molecule has 1 unspecified atom stereocenters. The maximum atomic E-state index is 11.4. The summed E-state index contributed by atoms with van der Waals surface area (Å²) in [5.41, 5.74) is 0.907. The number of benzene rings is 1. The lowest BCUT2D eigenvalue weighted by Crippen LogP contribution is -2.46. The molecule has 1 atom stereocenters. The van der Waals surface area contributed by atoms with Crippen molar-refractivity contribution in [3.8, 4) is 0 Å². The molecule has 0 aliphatic heterocycles. The van der Waals surface area contributed by atoms with Gasteiger partial charge in [0.2, 0.25) is 5.91 Å². The van der Waals surface area contributed by atoms with Gasteiger partial charge in [-0.15, -0.1) is 0 Å². The van der Waals surface area contributed by atoms with Gasteiger partial charge in [-0.05, 0) is 5.56 Å². The van der Waals surface area contributed by atoms with Crippen LogP contribution in [0.4, 0.5) is 4.79 Å². The molecule has 2 amide bonds. The van der Waals surface area contributed by atoms with E-state index in [9.17, 15) is 9.59 Å². The maximum absolute atomic E-state index is 11.4. The lowest BCUT2D eigenvalue weighted by atomic mass is 10.1. The van der Waals surface area contributed by atoms with Gasteiger partial charge >= 0.3 is 6.09 Å². The minimum atomic E-state index is -1.20. The summed E-state index contributed by atoms with van der Waals surface area (Å²) in [7, 11) is 1.48. The molecule has 3 N–H and O–H groups in total. The molecule has 1 rings (SSSR count). The molecule has 0 bridgehead atoms. The lowest BCUT2D eigenvalue weighted by molar-refractivity contribution is -0.122. The van der Waals surface area contributed by atoms with Crippen molar-refractivity contribution in [1.82, 2.24) is 10.6 Å². The summed E-state index contributed by atoms with van der Waals surface area (Å²) >= 11 is 0. The topological polar surface area (TPSA) is 78.4 Å². The Kier molecular flexibility index (Phi) is 4.32. The van der Waals surface area contributed by atoms with Crippen LogP contribution in [0.25, 0.3) is 0 Å². The Labute approximate surface area is 93.5 Å². The molecule has 1 aromatic rings. The third-order valence-corrected chi connectivity index (χ3v) is 2.14. The van der Waals surface area contributed by atoms with Gasteiger partial charge in [-0.3, -0.25) is 4.79 Å². The highest BCUT2D eigenvalue weighted by molar-refractivity contribution is 5.85. The van der Waals surface area contributed by atoms with E-state index in [1.54, 1.807) is 0 Å². The Hall–Kier alpha value is -2.04. The third-order valence-electron chi connectivity index (χ3n) is 2.14. The molecule has 16 heavy (non-hydrogen) atoms. The van der Waals surface area contributed by atoms with E-state index >= 15 is 0 Å². The van der Waals surface area contributed by atoms with E-state index in [0.717, 1.165) is 5.56 Å². The summed E-state index contributed by atoms with van der Waals surface area (Å²) in [5, 5.41) is 13.2. The Morgan fingerprint density at radius 1 is 1.31 bits per heavy atom. The van der Waals surface area contributed by atoms with Crippen molar-refractivity contribution in [3.05, 3.63) is 35.9 Å². The summed E-state index contributed by atoms with van der Waals surface area (Å²) in [6, 6.07) is 8.49. The zero-order chi connectivity index (χ0) is 12.0. The van der Waals surface area contributed by atoms with Crippen molar-refractivity contribution in [2.75, 3.05) is 7.05 Å². The molecule has 5 heteroatoms. The van der Waals surface area contributed by atoms with E-state index in [2.05, 4.69) is 10.6 Å². The van der Waals surface area contributed by atoms with E-state index in [-0.39, 0.29) is 5.91 Å². The second-order valence-electron chi connectivity index (χ2n) is 3.31. The van der Waals surface area contributed by atoms with Crippen molar-refractivity contribution in [2.24, 2.45) is 0 Å². The summed E-state index contributed by atoms with van der Waals surface area (Å²) in [6.07, 6.45) is -0.864. The van der Waals surface area contributed by atoms with Gasteiger partial charge in [0.15, 0.2) is 0 Å². The number of hydrogen-bond acceptors (Lipinski definition) is 2. The van der Waals surface area contributed by atoms with Gasteiger partial charge in [0.25, 0.3) is 0 Å². The van der Waals surface area contributed by atoms with Crippen molar-refractivity contribution in [2.45, 2.75) is 12.5 Å². The molecule has 0 saturated heterocycles. The number of hydrogen-bond donors (Lipinski definition) is 3. The van der Waals surface area contributed by atoms with Crippen molar-refractivity contribution in [1.29, 1.82) is 0 Å². The zero-order valence-corrected chi connectivity index (χ0v) is 8.93. The van der Waals surface area contributed by atoms with Crippen molar-refractivity contribution >= 4 is 12.0 Å². The summed E-state index contributed by atoms with van der Waals surface area (Å²) in [6.45, 7) is 0. The van der Waals surface area contributed by atoms with Crippen LogP contribution in [0, 0.1) is 0 Å². The highest BCUT2D eigenvalue weighted by atomic mass is 16.4. The SMILES string of the molecule is CNC(=O)C(Cc1ccccc1)NC(=O)O. The van der Waals surface area contributed by atoms with Crippen molar-refractivity contribution < 1.29 is 14.7 Å². The van der Waals surface area contributed by atoms with Gasteiger partial charge in [0, 0.05) is 13.5 Å². The molecule has 0 saturated carbocycles. The van der Waals surface area contributed by atoms with Gasteiger partial charge in [0.1, 0.15) is 6.04 Å². The fourth-order valence-electron chi connectivity index (χ4n) is 1.38. The second-order valence-corrected chi connectivity index (χ2v) is 3.31. The van der Waals surface area contributed by atoms with Gasteiger partial charge in [-0.25, -0.2) is 4.79 Å². The standard InChI is InChI=1S/C11H14N2O3/c1-12-10(14)9(13-11(15)16)7-8-5-3-2-4-6-8/h2-6,9,13H,7H2,1H3,(H,12,14)(H,15,16). The quantitative estimate of drug-likeness (QED) is 0.698. The van der Waals surface area contributed by atoms with E-state index in [4.69, 9.17) is 5.11 Å². The molecule has 5 nitrogen and oxygen atoms in total. The molecule has 0 spiro atoms. The minimum Gasteiger partial charge on any atom is -0.465 e. The first-order chi connectivity index (χ1) is 7.63. The van der Waals surface area contributed by atoms with Crippen LogP contribution in [0.1, 0.15) is 5.56 Å². The number of nitrogens with one attached hydrogen (secondary N) is 2. The first-order valence-corrected chi connectivity index (χ1v) is 4.88. The average molecular weight is 222 g/mol. The normalized spacial score (nSPS) is 11.6. The van der Waals surface area contributed by atoms with Crippen LogP contribution in [0.3, 0.4) is 0 Å². The Morgan fingerprint density at radius 3 is 2.44 bits per heavy atom. The van der Waals surface area contributed by atoms with Crippen LogP contribution in [0.15, 0.2) is 30.3 Å². The Bertz CT molecular complexity index is 365. The molecular weight excluding hydrogens is 208 g/mol. The Morgan fingerprint density at radius 2 is 1.94 bits per heavy atom. The van der Waals surface area contributed by atoms with Gasteiger partial charge in [-0.2, -0.15) is 0 Å². The number of amides is 2. The highest BCUT2D eigenvalue weighted by Crippen LogP contribution is 2.03. The molecule has 86 valence electrons. The number of carbonyl (C=O) groups excluding carboxylic acids is 1. The summed E-state index contributed by atoms with van der Waals surface area (Å²) < 4.78 is 0. The minimum absolute atomic E-state index is 0.340. The lowest BCUT2D eigenvalue weighted by Gasteiger charge is -2.15. The molecule has 0 heterocycles. The Balaban J connectivity index is 2.70. The molecular formula is C11H14N2O3. The monoisotopic (exact) mass is 222 g/mol. The third kappa shape index (κ3) is 3.61. The van der Waals surface area contributed by atoms with E-state index in [0.29, 0.717) is 6.42 Å². The van der Waals surface area contributed by atoms with E-state index in [1.807, 2.05) is 30.3 Å². The fourth-order valence-corrected chi connectivity index (χ4v) is 1.38. The summed E-state index contributed by atoms with van der Waals surface area (Å²) in [4.78, 5) is 21.9. The zero-order valence-electron chi connectivity index (χ0n) is 8.93. The van der Waals surface area contributed by atoms with E-state index in [1.165, 1.54) is 7.05 Å². The molecule has 0 fully saturated rings. The van der Waals surface area contributed by atoms with Gasteiger partial charge < -0.3 is 15.7 Å². The van der Waals surface area contributed by atoms with Crippen LogP contribution < -0.4 is 10.6 Å². The first-order valence-electron chi connectivity index (χ1n) is 4.88. The van der Waals surface area contributed by atoms with Crippen LogP contribution in [-0.2, 0) is 11.2 Å². The number of carbonyl (C=O) groups is 2. The average Bonchev–Trinajstić information content (AvgIpc) is 2.28. The van der Waals surface area contributed by atoms with Crippen LogP contribution >= 0.6 is 0 Å². The molecule has 0 aromatic heterocycles. The predicted molar refractivity (Wildman–Crippen MR) is 59.2 cm³/mol. The number of carboxylic acid groups (broad SMARTS) is 1. The molecule has 0 aliphatic carbocycles. The van der Waals surface area contributed by atoms with Crippen molar-refractivity contribution in [3.63, 3.8) is 0 Å². The largest absolute Gasteiger partial charge is 0.465 e. The summed E-state index contributed by atoms with van der Waals surface area (Å²) in [5.74, 6) is -0.341. The second kappa shape index (κ2) is 5.75. The van der Waals surface area contributed by atoms with Crippen LogP contribution in [0.2, 0.25) is 0 Å². The van der Waals surface area contributed by atoms with Crippen LogP contribution in [0.5, 0.6) is 0 Å². The van der Waals surface area contributed by atoms with Gasteiger partial charge in [-0.1, -0.05) is 30.3 Å². The molecule has 1 aromatic carbocycles. The molecule has 0 radical (unpaired) electrons. The number of rotatable bonds is 4. The molecule has 0 aliphatic rings. The fraction of sp³-hybridized carbons (Fsp3) is 0.273. The predicted octanol–water partition coefficient (Wildman–Crippen LogP) is 0.611. The van der Waals surface area contributed by atoms with E-state index < -0.39 is 12.1 Å². The highest BCUT2D eigenvalue weighted by Gasteiger charge is 2.19. The maximum Gasteiger partial charge on any atom is 0.405 e. The number of likely N-dealkylation sites (N-methyl/N-ethyl adjacent to an activating group) is 1. The smallest absolute Gasteiger partial charge is 0.405 e. The first kappa shape index (κ1) is 12.0. The van der Waals surface area contributed by atoms with Gasteiger partial charge in [0.05, 0.1) is 0 Å². The van der Waals surface area contributed by atoms with Crippen LogP contribution in [-0.4, -0.2) is 30.2 Å².